The molecule has 2 aromatic rings. The number of esters is 1. The number of benzene rings is 2. The van der Waals surface area contributed by atoms with Crippen molar-refractivity contribution in [1.29, 1.82) is 0 Å². The van der Waals surface area contributed by atoms with Crippen molar-refractivity contribution >= 4 is 20.4 Å². The van der Waals surface area contributed by atoms with Crippen molar-refractivity contribution in [2.45, 2.75) is 70.6 Å². The van der Waals surface area contributed by atoms with Gasteiger partial charge in [-0.25, -0.2) is 0 Å². The second-order valence-electron chi connectivity index (χ2n) is 10.2. The fourth-order valence-electron chi connectivity index (χ4n) is 3.82. The van der Waals surface area contributed by atoms with Crippen molar-refractivity contribution in [3.63, 3.8) is 0 Å². The van der Waals surface area contributed by atoms with E-state index in [1.807, 2.05) is 43.3 Å². The van der Waals surface area contributed by atoms with E-state index in [1.54, 1.807) is 0 Å². The number of hydrogen-bond acceptors (Lipinski definition) is 4. The number of nitrogens with zero attached hydrogens (tertiary/aromatic N) is 1. The number of hydrogen-bond donors (Lipinski definition) is 0. The van der Waals surface area contributed by atoms with E-state index in [-0.39, 0.29) is 23.2 Å². The van der Waals surface area contributed by atoms with Crippen LogP contribution in [0.15, 0.2) is 66.7 Å². The molecule has 1 saturated heterocycles. The highest BCUT2D eigenvalue weighted by Crippen LogP contribution is 2.38. The molecular weight excluding hydrogens is 414 g/mol. The van der Waals surface area contributed by atoms with E-state index in [1.165, 1.54) is 5.56 Å². The van der Waals surface area contributed by atoms with Gasteiger partial charge in [0.15, 0.2) is 8.32 Å². The Bertz CT molecular complexity index is 906. The lowest BCUT2D eigenvalue weighted by atomic mass is 10.0. The Morgan fingerprint density at radius 3 is 2.28 bits per heavy atom. The van der Waals surface area contributed by atoms with Gasteiger partial charge in [0.05, 0.1) is 12.1 Å². The third-order valence-corrected chi connectivity index (χ3v) is 11.2. The van der Waals surface area contributed by atoms with Crippen LogP contribution >= 0.6 is 0 Å². The topological polar surface area (TPSA) is 38.8 Å². The number of morpholine rings is 1. The third-order valence-electron chi connectivity index (χ3n) is 6.67. The van der Waals surface area contributed by atoms with Crippen molar-refractivity contribution in [3.05, 3.63) is 77.9 Å². The normalized spacial score (nSPS) is 21.5. The lowest BCUT2D eigenvalue weighted by Crippen LogP contribution is -2.60. The van der Waals surface area contributed by atoms with E-state index in [4.69, 9.17) is 9.16 Å². The van der Waals surface area contributed by atoms with E-state index < -0.39 is 14.4 Å². The van der Waals surface area contributed by atoms with E-state index in [2.05, 4.69) is 75.2 Å². The first-order valence-corrected chi connectivity index (χ1v) is 14.4. The fraction of sp³-hybridized carbons (Fsp3) is 0.444. The van der Waals surface area contributed by atoms with Crippen molar-refractivity contribution in [1.82, 2.24) is 4.90 Å². The minimum atomic E-state index is -2.05. The van der Waals surface area contributed by atoms with Crippen LogP contribution in [0.25, 0.3) is 6.08 Å². The Labute approximate surface area is 194 Å². The highest BCUT2D eigenvalue weighted by Gasteiger charge is 2.45. The van der Waals surface area contributed by atoms with Crippen molar-refractivity contribution in [2.75, 3.05) is 6.61 Å². The van der Waals surface area contributed by atoms with Crippen molar-refractivity contribution in [2.24, 2.45) is 0 Å². The molecule has 3 unspecified atom stereocenters. The summed E-state index contributed by atoms with van der Waals surface area (Å²) in [5.41, 5.74) is 2.30. The Hall–Kier alpha value is -2.21. The summed E-state index contributed by atoms with van der Waals surface area (Å²) in [6.45, 7) is 14.1. The Morgan fingerprint density at radius 2 is 1.69 bits per heavy atom. The third kappa shape index (κ3) is 5.97. The summed E-state index contributed by atoms with van der Waals surface area (Å²) in [6, 6.07) is 20.0. The van der Waals surface area contributed by atoms with Crippen LogP contribution < -0.4 is 0 Å². The van der Waals surface area contributed by atoms with E-state index in [0.717, 1.165) is 5.56 Å². The van der Waals surface area contributed by atoms with Crippen LogP contribution in [0, 0.1) is 0 Å². The zero-order valence-electron chi connectivity index (χ0n) is 20.2. The molecule has 0 radical (unpaired) electrons. The summed E-state index contributed by atoms with van der Waals surface area (Å²) in [5.74, 6) is -0.198. The quantitative estimate of drug-likeness (QED) is 0.388. The summed E-state index contributed by atoms with van der Waals surface area (Å²) >= 11 is 0. The standard InChI is InChI=1S/C27H37NO3Si/c1-21(31-32(5,6)27(2,3)4)25-26(29)30-20-24(18-17-22-13-9-7-10-14-22)28(25)19-23-15-11-8-12-16-23/h7-18,21,24-25H,19-20H2,1-6H3/b18-17+. The van der Waals surface area contributed by atoms with Gasteiger partial charge in [0, 0.05) is 6.54 Å². The second kappa shape index (κ2) is 10.2. The molecule has 1 heterocycles. The second-order valence-corrected chi connectivity index (χ2v) is 14.9. The molecule has 0 saturated carbocycles. The number of ether oxygens (including phenoxy) is 1. The molecule has 5 heteroatoms. The molecule has 1 aliphatic heterocycles. The Balaban J connectivity index is 1.90. The predicted molar refractivity (Wildman–Crippen MR) is 134 cm³/mol. The molecule has 1 fully saturated rings. The number of carbonyl (C=O) groups excluding carboxylic acids is 1. The molecular formula is C27H37NO3Si. The number of cyclic esters (lactones) is 1. The molecule has 0 bridgehead atoms. The van der Waals surface area contributed by atoms with Gasteiger partial charge >= 0.3 is 5.97 Å². The van der Waals surface area contributed by atoms with Gasteiger partial charge < -0.3 is 9.16 Å². The summed E-state index contributed by atoms with van der Waals surface area (Å²) < 4.78 is 12.3. The summed E-state index contributed by atoms with van der Waals surface area (Å²) in [7, 11) is -2.05. The van der Waals surface area contributed by atoms with Gasteiger partial charge in [0.25, 0.3) is 0 Å². The summed E-state index contributed by atoms with van der Waals surface area (Å²) in [5, 5.41) is 0.0662. The highest BCUT2D eigenvalue weighted by atomic mass is 28.4. The first-order valence-electron chi connectivity index (χ1n) is 11.5. The molecule has 3 rings (SSSR count). The smallest absolute Gasteiger partial charge is 0.326 e. The maximum Gasteiger partial charge on any atom is 0.326 e. The maximum absolute atomic E-state index is 13.0. The van der Waals surface area contributed by atoms with Crippen LogP contribution in [-0.2, 0) is 20.5 Å². The zero-order valence-corrected chi connectivity index (χ0v) is 21.2. The van der Waals surface area contributed by atoms with Gasteiger partial charge in [-0.3, -0.25) is 9.69 Å². The lowest BCUT2D eigenvalue weighted by Gasteiger charge is -2.45. The molecule has 32 heavy (non-hydrogen) atoms. The van der Waals surface area contributed by atoms with Gasteiger partial charge in [-0.2, -0.15) is 0 Å². The summed E-state index contributed by atoms with van der Waals surface area (Å²) in [4.78, 5) is 15.3. The van der Waals surface area contributed by atoms with Crippen LogP contribution in [0.3, 0.4) is 0 Å². The minimum absolute atomic E-state index is 0.0245. The van der Waals surface area contributed by atoms with Crippen molar-refractivity contribution < 1.29 is 14.0 Å². The lowest BCUT2D eigenvalue weighted by molar-refractivity contribution is -0.166. The molecule has 1 aliphatic rings. The van der Waals surface area contributed by atoms with Gasteiger partial charge in [0.1, 0.15) is 12.6 Å². The van der Waals surface area contributed by atoms with Crippen LogP contribution in [-0.4, -0.2) is 44.0 Å². The summed E-state index contributed by atoms with van der Waals surface area (Å²) in [6.07, 6.45) is 4.00. The largest absolute Gasteiger partial charge is 0.462 e. The van der Waals surface area contributed by atoms with Crippen LogP contribution in [0.1, 0.15) is 38.8 Å². The number of rotatable bonds is 7. The monoisotopic (exact) mass is 451 g/mol. The molecule has 0 aliphatic carbocycles. The van der Waals surface area contributed by atoms with E-state index >= 15 is 0 Å². The van der Waals surface area contributed by atoms with Gasteiger partial charge in [-0.05, 0) is 36.2 Å². The molecule has 0 N–H and O–H groups in total. The molecule has 2 aromatic carbocycles. The molecule has 3 atom stereocenters. The van der Waals surface area contributed by atoms with Crippen LogP contribution in [0.2, 0.25) is 18.1 Å². The minimum Gasteiger partial charge on any atom is -0.462 e. The highest BCUT2D eigenvalue weighted by molar-refractivity contribution is 6.74. The molecule has 172 valence electrons. The van der Waals surface area contributed by atoms with Crippen LogP contribution in [0.5, 0.6) is 0 Å². The predicted octanol–water partition coefficient (Wildman–Crippen LogP) is 5.91. The van der Waals surface area contributed by atoms with E-state index in [0.29, 0.717) is 13.2 Å². The SMILES string of the molecule is CC(O[Si](C)(C)C(C)(C)C)C1C(=O)OCC(/C=C/c2ccccc2)N1Cc1ccccc1. The van der Waals surface area contributed by atoms with Crippen LogP contribution in [0.4, 0.5) is 0 Å². The zero-order chi connectivity index (χ0) is 23.4. The average Bonchev–Trinajstić information content (AvgIpc) is 2.73. The first kappa shape index (κ1) is 24.4. The first-order chi connectivity index (χ1) is 15.1. The van der Waals surface area contributed by atoms with Gasteiger partial charge in [0.2, 0.25) is 0 Å². The Kier molecular flexibility index (Phi) is 7.75. The van der Waals surface area contributed by atoms with E-state index in [9.17, 15) is 4.79 Å². The molecule has 0 amide bonds. The molecule has 0 aromatic heterocycles. The van der Waals surface area contributed by atoms with Gasteiger partial charge in [-0.1, -0.05) is 93.6 Å². The fourth-order valence-corrected chi connectivity index (χ4v) is 5.23. The average molecular weight is 452 g/mol. The molecule has 0 spiro atoms. The molecule has 4 nitrogen and oxygen atoms in total. The van der Waals surface area contributed by atoms with Gasteiger partial charge in [-0.15, -0.1) is 0 Å². The number of carbonyl (C=O) groups is 1. The Morgan fingerprint density at radius 1 is 1.09 bits per heavy atom. The van der Waals surface area contributed by atoms with Crippen molar-refractivity contribution in [3.8, 4) is 0 Å². The maximum atomic E-state index is 13.0.